The smallest absolute Gasteiger partial charge is 0.411 e. The van der Waals surface area contributed by atoms with Crippen LogP contribution < -0.4 is 5.32 Å². The SMILES string of the molecule is CO[11C](=O)Nc1ccccc1. The van der Waals surface area contributed by atoms with Crippen LogP contribution in [0.2, 0.25) is 0 Å². The van der Waals surface area contributed by atoms with Crippen LogP contribution in [0.1, 0.15) is 0 Å². The van der Waals surface area contributed by atoms with E-state index in [0.717, 1.165) is 5.69 Å². The molecule has 1 N–H and O–H groups in total. The first-order valence-electron chi connectivity index (χ1n) is 3.23. The number of hydrogen-bond donors (Lipinski definition) is 1. The van der Waals surface area contributed by atoms with Gasteiger partial charge in [0.2, 0.25) is 0 Å². The van der Waals surface area contributed by atoms with Gasteiger partial charge in [-0.2, -0.15) is 0 Å². The normalized spacial score (nSPS) is 8.82. The molecular weight excluding hydrogens is 141 g/mol. The Bertz CT molecular complexity index is 233. The summed E-state index contributed by atoms with van der Waals surface area (Å²) in [5.41, 5.74) is 0.736. The molecular formula is C8H9NO2. The van der Waals surface area contributed by atoms with E-state index in [1.807, 2.05) is 18.2 Å². The highest BCUT2D eigenvalue weighted by molar-refractivity contribution is 5.84. The minimum atomic E-state index is -0.448. The lowest BCUT2D eigenvalue weighted by Crippen LogP contribution is -2.10. The number of benzene rings is 1. The summed E-state index contributed by atoms with van der Waals surface area (Å²) in [6.45, 7) is 0. The van der Waals surface area contributed by atoms with Crippen LogP contribution in [0.15, 0.2) is 30.3 Å². The lowest BCUT2D eigenvalue weighted by atomic mass is 10.2. The van der Waals surface area contributed by atoms with Crippen LogP contribution in [0.5, 0.6) is 0 Å². The number of amides is 1. The van der Waals surface area contributed by atoms with Gasteiger partial charge in [-0.1, -0.05) is 18.2 Å². The lowest BCUT2D eigenvalue weighted by molar-refractivity contribution is 0.187. The zero-order chi connectivity index (χ0) is 8.10. The van der Waals surface area contributed by atoms with Gasteiger partial charge >= 0.3 is 6.09 Å². The molecule has 3 heteroatoms. The van der Waals surface area contributed by atoms with Gasteiger partial charge in [-0.05, 0) is 12.1 Å². The Morgan fingerprint density at radius 2 is 2.00 bits per heavy atom. The Morgan fingerprint density at radius 1 is 1.36 bits per heavy atom. The minimum absolute atomic E-state index is 0.448. The second kappa shape index (κ2) is 3.61. The quantitative estimate of drug-likeness (QED) is 0.663. The number of carbonyl (C=O) groups excluding carboxylic acids is 1. The molecule has 0 aromatic heterocycles. The Morgan fingerprint density at radius 3 is 2.55 bits per heavy atom. The van der Waals surface area contributed by atoms with E-state index in [4.69, 9.17) is 0 Å². The van der Waals surface area contributed by atoms with Crippen LogP contribution in [0.4, 0.5) is 10.5 Å². The van der Waals surface area contributed by atoms with Gasteiger partial charge in [-0.25, -0.2) is 4.79 Å². The van der Waals surface area contributed by atoms with Crippen molar-refractivity contribution in [2.45, 2.75) is 0 Å². The molecule has 1 aromatic carbocycles. The Labute approximate surface area is 65.0 Å². The molecule has 0 spiro atoms. The molecule has 0 aliphatic rings. The van der Waals surface area contributed by atoms with Gasteiger partial charge in [0, 0.05) is 5.69 Å². The number of nitrogens with one attached hydrogen (secondary N) is 1. The molecule has 11 heavy (non-hydrogen) atoms. The van der Waals surface area contributed by atoms with Gasteiger partial charge in [-0.15, -0.1) is 0 Å². The van der Waals surface area contributed by atoms with Gasteiger partial charge in [0.05, 0.1) is 7.11 Å². The summed E-state index contributed by atoms with van der Waals surface area (Å²) in [6, 6.07) is 9.13. The first kappa shape index (κ1) is 7.60. The van der Waals surface area contributed by atoms with Crippen molar-refractivity contribution in [3.63, 3.8) is 0 Å². The number of carbonyl (C=O) groups is 1. The third-order valence-electron chi connectivity index (χ3n) is 1.21. The summed E-state index contributed by atoms with van der Waals surface area (Å²) in [5, 5.41) is 2.53. The number of rotatable bonds is 1. The number of hydrogen-bond acceptors (Lipinski definition) is 2. The van der Waals surface area contributed by atoms with Crippen molar-refractivity contribution in [2.75, 3.05) is 12.4 Å². The largest absolute Gasteiger partial charge is 0.453 e. The van der Waals surface area contributed by atoms with Gasteiger partial charge in [0.1, 0.15) is 0 Å². The highest BCUT2D eigenvalue weighted by Gasteiger charge is 1.96. The fraction of sp³-hybridized carbons (Fsp3) is 0.125. The van der Waals surface area contributed by atoms with Crippen molar-refractivity contribution < 1.29 is 9.53 Å². The van der Waals surface area contributed by atoms with Crippen LogP contribution in [0, 0.1) is 0 Å². The topological polar surface area (TPSA) is 38.3 Å². The van der Waals surface area contributed by atoms with Gasteiger partial charge < -0.3 is 4.74 Å². The number of ether oxygens (including phenoxy) is 1. The van der Waals surface area contributed by atoms with Crippen molar-refractivity contribution >= 4 is 11.8 Å². The summed E-state index contributed by atoms with van der Waals surface area (Å²) in [6.07, 6.45) is -0.448. The van der Waals surface area contributed by atoms with Crippen molar-refractivity contribution in [1.29, 1.82) is 0 Å². The number of anilines is 1. The van der Waals surface area contributed by atoms with Crippen LogP contribution in [0.25, 0.3) is 0 Å². The number of para-hydroxylation sites is 1. The average Bonchev–Trinajstić information content (AvgIpc) is 2.06. The van der Waals surface area contributed by atoms with E-state index >= 15 is 0 Å². The minimum Gasteiger partial charge on any atom is -0.453 e. The zero-order valence-corrected chi connectivity index (χ0v) is 6.20. The van der Waals surface area contributed by atoms with Gasteiger partial charge in [-0.3, -0.25) is 5.32 Å². The molecule has 0 radical (unpaired) electrons. The maximum Gasteiger partial charge on any atom is 0.411 e. The van der Waals surface area contributed by atoms with E-state index < -0.39 is 6.09 Å². The molecule has 0 bridgehead atoms. The van der Waals surface area contributed by atoms with E-state index in [9.17, 15) is 4.79 Å². The third-order valence-corrected chi connectivity index (χ3v) is 1.21. The summed E-state index contributed by atoms with van der Waals surface area (Å²) in [7, 11) is 1.33. The fourth-order valence-electron chi connectivity index (χ4n) is 0.690. The summed E-state index contributed by atoms with van der Waals surface area (Å²) >= 11 is 0. The van der Waals surface area contributed by atoms with Crippen molar-refractivity contribution in [1.82, 2.24) is 0 Å². The first-order valence-corrected chi connectivity index (χ1v) is 3.23. The maximum atomic E-state index is 10.6. The Balaban J connectivity index is 2.58. The van der Waals surface area contributed by atoms with Crippen LogP contribution in [-0.4, -0.2) is 13.2 Å². The molecule has 0 atom stereocenters. The first-order chi connectivity index (χ1) is 5.33. The van der Waals surface area contributed by atoms with E-state index in [1.165, 1.54) is 7.11 Å². The lowest BCUT2D eigenvalue weighted by Gasteiger charge is -2.01. The average molecular weight is 150 g/mol. The second-order valence-electron chi connectivity index (χ2n) is 1.98. The molecule has 0 unspecified atom stereocenters. The highest BCUT2D eigenvalue weighted by atomic mass is 16.5. The fourth-order valence-corrected chi connectivity index (χ4v) is 0.690. The second-order valence-corrected chi connectivity index (χ2v) is 1.98. The summed E-state index contributed by atoms with van der Waals surface area (Å²) < 4.78 is 4.40. The van der Waals surface area contributed by atoms with E-state index in [0.29, 0.717) is 0 Å². The van der Waals surface area contributed by atoms with E-state index in [-0.39, 0.29) is 0 Å². The van der Waals surface area contributed by atoms with Crippen molar-refractivity contribution in [2.24, 2.45) is 0 Å². The van der Waals surface area contributed by atoms with E-state index in [2.05, 4.69) is 10.1 Å². The molecule has 1 rings (SSSR count). The third kappa shape index (κ3) is 2.29. The molecule has 1 amide bonds. The summed E-state index contributed by atoms with van der Waals surface area (Å²) in [5.74, 6) is 0. The molecule has 58 valence electrons. The standard InChI is InChI=1S/C8H9NO2/c1-11-8(10)9-7-5-3-2-4-6-7/h2-6H,1H3,(H,9,10)/i8-1. The molecule has 1 aromatic rings. The van der Waals surface area contributed by atoms with Gasteiger partial charge in [0.15, 0.2) is 0 Å². The Kier molecular flexibility index (Phi) is 2.49. The number of methoxy groups -OCH3 is 1. The van der Waals surface area contributed by atoms with E-state index in [1.54, 1.807) is 12.1 Å². The van der Waals surface area contributed by atoms with Crippen LogP contribution in [0.3, 0.4) is 0 Å². The molecule has 3 nitrogen and oxygen atoms in total. The van der Waals surface area contributed by atoms with Gasteiger partial charge in [0.25, 0.3) is 0 Å². The molecule has 0 heterocycles. The zero-order valence-electron chi connectivity index (χ0n) is 6.20. The molecule has 0 saturated heterocycles. The Hall–Kier alpha value is -1.51. The predicted molar refractivity (Wildman–Crippen MR) is 42.5 cm³/mol. The summed E-state index contributed by atoms with van der Waals surface area (Å²) in [4.78, 5) is 10.6. The highest BCUT2D eigenvalue weighted by Crippen LogP contribution is 2.04. The van der Waals surface area contributed by atoms with Crippen LogP contribution in [-0.2, 0) is 4.74 Å². The monoisotopic (exact) mass is 150 g/mol. The maximum absolute atomic E-state index is 10.6. The van der Waals surface area contributed by atoms with Crippen LogP contribution >= 0.6 is 0 Å². The predicted octanol–water partition coefficient (Wildman–Crippen LogP) is 1.86. The molecule has 0 saturated carbocycles. The molecule has 0 aliphatic carbocycles. The molecule has 0 fully saturated rings. The van der Waals surface area contributed by atoms with Crippen molar-refractivity contribution in [3.05, 3.63) is 30.3 Å². The van der Waals surface area contributed by atoms with Crippen molar-refractivity contribution in [3.8, 4) is 0 Å². The molecule has 0 aliphatic heterocycles.